The van der Waals surface area contributed by atoms with Gasteiger partial charge in [0.1, 0.15) is 11.8 Å². The van der Waals surface area contributed by atoms with E-state index in [-0.39, 0.29) is 5.78 Å². The summed E-state index contributed by atoms with van der Waals surface area (Å²) in [6.07, 6.45) is 2.80. The lowest BCUT2D eigenvalue weighted by Gasteiger charge is -2.17. The Bertz CT molecular complexity index is 982. The van der Waals surface area contributed by atoms with E-state index >= 15 is 0 Å². The Morgan fingerprint density at radius 2 is 1.96 bits per heavy atom. The molecule has 0 spiro atoms. The lowest BCUT2D eigenvalue weighted by molar-refractivity contribution is -0.128. The van der Waals surface area contributed by atoms with Crippen LogP contribution in [0, 0.1) is 13.8 Å². The van der Waals surface area contributed by atoms with Crippen LogP contribution in [0.3, 0.4) is 0 Å². The number of aryl methyl sites for hydroxylation is 2. The van der Waals surface area contributed by atoms with Gasteiger partial charge in [0.15, 0.2) is 17.5 Å². The fourth-order valence-corrected chi connectivity index (χ4v) is 2.77. The number of nitrogens with one attached hydrogen (secondary N) is 1. The molecule has 3 rings (SSSR count). The molecular weight excluding hydrogens is 342 g/mol. The van der Waals surface area contributed by atoms with Crippen LogP contribution in [-0.2, 0) is 9.59 Å². The number of Topliss-reactive ketones (excluding diaryl/α,β-unsaturated/α-hetero) is 1. The molecule has 0 aliphatic carbocycles. The zero-order chi connectivity index (χ0) is 18.1. The monoisotopic (exact) mass is 357 g/mol. The number of imidazole rings is 1. The normalized spacial score (nSPS) is 12.2. The summed E-state index contributed by atoms with van der Waals surface area (Å²) in [5.74, 6) is -0.840. The van der Waals surface area contributed by atoms with E-state index in [0.717, 1.165) is 5.56 Å². The zero-order valence-electron chi connectivity index (χ0n) is 13.9. The third-order valence-electron chi connectivity index (χ3n) is 3.83. The van der Waals surface area contributed by atoms with Crippen LogP contribution in [0.25, 0.3) is 11.2 Å². The van der Waals surface area contributed by atoms with Gasteiger partial charge in [0.2, 0.25) is 0 Å². The maximum absolute atomic E-state index is 12.8. The molecular formula is C17H16ClN5O2. The minimum absolute atomic E-state index is 0.336. The van der Waals surface area contributed by atoms with Crippen LogP contribution in [0.15, 0.2) is 30.9 Å². The second kappa shape index (κ2) is 6.60. The highest BCUT2D eigenvalue weighted by Gasteiger charge is 2.28. The molecule has 3 aromatic rings. The van der Waals surface area contributed by atoms with Crippen molar-refractivity contribution in [3.05, 3.63) is 47.1 Å². The van der Waals surface area contributed by atoms with E-state index in [9.17, 15) is 9.59 Å². The lowest BCUT2D eigenvalue weighted by Crippen LogP contribution is -2.31. The van der Waals surface area contributed by atoms with Crippen molar-refractivity contribution in [2.45, 2.75) is 26.8 Å². The molecule has 1 atom stereocenters. The smallest absolute Gasteiger partial charge is 0.255 e. The van der Waals surface area contributed by atoms with Gasteiger partial charge < -0.3 is 5.32 Å². The summed E-state index contributed by atoms with van der Waals surface area (Å²) >= 11 is 6.13. The first-order valence-electron chi connectivity index (χ1n) is 7.60. The molecule has 0 saturated heterocycles. The van der Waals surface area contributed by atoms with Crippen LogP contribution in [0.5, 0.6) is 0 Å². The largest absolute Gasteiger partial charge is 0.323 e. The molecule has 1 amide bonds. The van der Waals surface area contributed by atoms with E-state index in [4.69, 9.17) is 11.6 Å². The molecule has 1 aromatic carbocycles. The average Bonchev–Trinajstić information content (AvgIpc) is 2.96. The highest BCUT2D eigenvalue weighted by atomic mass is 35.5. The number of benzene rings is 1. The first kappa shape index (κ1) is 17.0. The standard InChI is InChI=1S/C17H16ClN5O2/c1-9-4-5-12(18)13(6-9)22-17(25)15(11(3)24)23-8-21-14-10(2)19-7-20-16(14)23/h4-8,15H,1-3H3,(H,22,25). The Labute approximate surface area is 149 Å². The summed E-state index contributed by atoms with van der Waals surface area (Å²) in [6.45, 7) is 5.02. The number of carbonyl (C=O) groups is 2. The topological polar surface area (TPSA) is 89.8 Å². The van der Waals surface area contributed by atoms with Crippen molar-refractivity contribution in [1.82, 2.24) is 19.5 Å². The molecule has 0 aliphatic rings. The summed E-state index contributed by atoms with van der Waals surface area (Å²) in [4.78, 5) is 37.4. The Hall–Kier alpha value is -2.80. The summed E-state index contributed by atoms with van der Waals surface area (Å²) in [5.41, 5.74) is 3.05. The second-order valence-electron chi connectivity index (χ2n) is 5.77. The maximum atomic E-state index is 12.8. The summed E-state index contributed by atoms with van der Waals surface area (Å²) < 4.78 is 1.45. The van der Waals surface area contributed by atoms with Crippen molar-refractivity contribution in [2.24, 2.45) is 0 Å². The van der Waals surface area contributed by atoms with Gasteiger partial charge in [-0.25, -0.2) is 15.0 Å². The molecule has 1 unspecified atom stereocenters. The number of anilines is 1. The number of ketones is 1. The predicted molar refractivity (Wildman–Crippen MR) is 94.6 cm³/mol. The van der Waals surface area contributed by atoms with Gasteiger partial charge in [0.05, 0.1) is 22.7 Å². The number of amides is 1. The second-order valence-corrected chi connectivity index (χ2v) is 6.18. The molecule has 0 bridgehead atoms. The van der Waals surface area contributed by atoms with E-state index in [1.54, 1.807) is 19.1 Å². The summed E-state index contributed by atoms with van der Waals surface area (Å²) in [7, 11) is 0. The Balaban J connectivity index is 2.01. The van der Waals surface area contributed by atoms with Crippen LogP contribution in [0.2, 0.25) is 5.02 Å². The number of aromatic nitrogens is 4. The first-order chi connectivity index (χ1) is 11.9. The number of rotatable bonds is 4. The Kier molecular flexibility index (Phi) is 4.50. The third-order valence-corrected chi connectivity index (χ3v) is 4.16. The molecule has 128 valence electrons. The van der Waals surface area contributed by atoms with Crippen LogP contribution in [0.4, 0.5) is 5.69 Å². The molecule has 2 aromatic heterocycles. The van der Waals surface area contributed by atoms with E-state index in [1.807, 2.05) is 13.0 Å². The van der Waals surface area contributed by atoms with Crippen molar-refractivity contribution in [3.8, 4) is 0 Å². The zero-order valence-corrected chi connectivity index (χ0v) is 14.7. The van der Waals surface area contributed by atoms with Gasteiger partial charge in [-0.3, -0.25) is 14.2 Å². The van der Waals surface area contributed by atoms with Gasteiger partial charge in [-0.2, -0.15) is 0 Å². The van der Waals surface area contributed by atoms with Crippen LogP contribution in [-0.4, -0.2) is 31.2 Å². The molecule has 0 aliphatic heterocycles. The van der Waals surface area contributed by atoms with Crippen molar-refractivity contribution < 1.29 is 9.59 Å². The molecule has 2 heterocycles. The lowest BCUT2D eigenvalue weighted by atomic mass is 10.1. The summed E-state index contributed by atoms with van der Waals surface area (Å²) in [5, 5.41) is 3.11. The fraction of sp³-hybridized carbons (Fsp3) is 0.235. The Morgan fingerprint density at radius 1 is 1.20 bits per heavy atom. The van der Waals surface area contributed by atoms with E-state index < -0.39 is 11.9 Å². The number of halogens is 1. The SMILES string of the molecule is CC(=O)C(C(=O)Nc1cc(C)ccc1Cl)n1cnc2c(C)ncnc21. The van der Waals surface area contributed by atoms with Gasteiger partial charge in [-0.1, -0.05) is 17.7 Å². The highest BCUT2D eigenvalue weighted by molar-refractivity contribution is 6.33. The molecule has 1 N–H and O–H groups in total. The molecule has 8 heteroatoms. The van der Waals surface area contributed by atoms with Crippen LogP contribution >= 0.6 is 11.6 Å². The molecule has 0 radical (unpaired) electrons. The molecule has 0 fully saturated rings. The first-order valence-corrected chi connectivity index (χ1v) is 7.98. The summed E-state index contributed by atoms with van der Waals surface area (Å²) in [6, 6.07) is 4.17. The molecule has 7 nitrogen and oxygen atoms in total. The van der Waals surface area contributed by atoms with Crippen molar-refractivity contribution in [3.63, 3.8) is 0 Å². The minimum atomic E-state index is -1.10. The number of fused-ring (bicyclic) bond motifs is 1. The van der Waals surface area contributed by atoms with E-state index in [1.165, 1.54) is 24.1 Å². The van der Waals surface area contributed by atoms with Crippen molar-refractivity contribution in [1.29, 1.82) is 0 Å². The average molecular weight is 358 g/mol. The number of hydrogen-bond donors (Lipinski definition) is 1. The Morgan fingerprint density at radius 3 is 2.68 bits per heavy atom. The van der Waals surface area contributed by atoms with Gasteiger partial charge in [-0.05, 0) is 38.5 Å². The van der Waals surface area contributed by atoms with Crippen LogP contribution in [0.1, 0.15) is 24.2 Å². The fourth-order valence-electron chi connectivity index (χ4n) is 2.60. The van der Waals surface area contributed by atoms with Crippen LogP contribution < -0.4 is 5.32 Å². The third kappa shape index (κ3) is 3.23. The van der Waals surface area contributed by atoms with Gasteiger partial charge >= 0.3 is 0 Å². The van der Waals surface area contributed by atoms with Crippen molar-refractivity contribution >= 4 is 40.1 Å². The maximum Gasteiger partial charge on any atom is 0.255 e. The van der Waals surface area contributed by atoms with E-state index in [2.05, 4.69) is 20.3 Å². The van der Waals surface area contributed by atoms with Crippen molar-refractivity contribution in [2.75, 3.05) is 5.32 Å². The number of nitrogens with zero attached hydrogens (tertiary/aromatic N) is 4. The number of carbonyl (C=O) groups excluding carboxylic acids is 2. The molecule has 25 heavy (non-hydrogen) atoms. The highest BCUT2D eigenvalue weighted by Crippen LogP contribution is 2.25. The van der Waals surface area contributed by atoms with Gasteiger partial charge in [0, 0.05) is 0 Å². The molecule has 0 saturated carbocycles. The predicted octanol–water partition coefficient (Wildman–Crippen LogP) is 2.87. The minimum Gasteiger partial charge on any atom is -0.323 e. The number of hydrogen-bond acceptors (Lipinski definition) is 5. The van der Waals surface area contributed by atoms with Gasteiger partial charge in [0.25, 0.3) is 5.91 Å². The van der Waals surface area contributed by atoms with E-state index in [0.29, 0.717) is 27.6 Å². The quantitative estimate of drug-likeness (QED) is 0.725. The van der Waals surface area contributed by atoms with Gasteiger partial charge in [-0.15, -0.1) is 0 Å².